The van der Waals surface area contributed by atoms with E-state index >= 15 is 8.78 Å². The van der Waals surface area contributed by atoms with Gasteiger partial charge < -0.3 is 9.13 Å². The molecule has 7 heteroatoms. The zero-order chi connectivity index (χ0) is 26.8. The van der Waals surface area contributed by atoms with Crippen LogP contribution in [0, 0.1) is 40.1 Å². The molecule has 2 heterocycles. The number of rotatable bonds is 2. The Morgan fingerprint density at radius 3 is 1.49 bits per heavy atom. The van der Waals surface area contributed by atoms with Crippen LogP contribution in [0.15, 0.2) is 91.0 Å². The SMILES string of the molecule is N#Cc1cccc(C#N)c1-n1c2ccccc2c2cc3c4ccccc4n(-c4c(F)cc(F)cc4F)c3cc21. The van der Waals surface area contributed by atoms with Gasteiger partial charge in [0.2, 0.25) is 0 Å². The number of nitriles is 2. The molecule has 0 aliphatic rings. The van der Waals surface area contributed by atoms with Crippen molar-refractivity contribution in [1.82, 2.24) is 9.13 Å². The molecule has 0 aliphatic carbocycles. The lowest BCUT2D eigenvalue weighted by molar-refractivity contribution is 0.537. The molecule has 4 nitrogen and oxygen atoms in total. The van der Waals surface area contributed by atoms with Gasteiger partial charge in [0, 0.05) is 33.7 Å². The third kappa shape index (κ3) is 3.11. The van der Waals surface area contributed by atoms with E-state index in [4.69, 9.17) is 0 Å². The highest BCUT2D eigenvalue weighted by molar-refractivity contribution is 6.19. The number of hydrogen-bond acceptors (Lipinski definition) is 2. The van der Waals surface area contributed by atoms with E-state index in [2.05, 4.69) is 12.1 Å². The van der Waals surface area contributed by atoms with Gasteiger partial charge in [-0.25, -0.2) is 13.2 Å². The molecule has 0 saturated carbocycles. The molecule has 0 radical (unpaired) electrons. The molecule has 7 aromatic rings. The fourth-order valence-corrected chi connectivity index (χ4v) is 5.63. The first-order chi connectivity index (χ1) is 19.0. The molecule has 0 aliphatic heterocycles. The lowest BCUT2D eigenvalue weighted by atomic mass is 10.1. The molecule has 0 bridgehead atoms. The maximum atomic E-state index is 15.2. The minimum atomic E-state index is -1.03. The lowest BCUT2D eigenvalue weighted by Crippen LogP contribution is -2.03. The fraction of sp³-hybridized carbons (Fsp3) is 0. The van der Waals surface area contributed by atoms with Crippen molar-refractivity contribution >= 4 is 43.6 Å². The molecular formula is C32H15F3N4. The van der Waals surface area contributed by atoms with Crippen LogP contribution in [0.2, 0.25) is 0 Å². The van der Waals surface area contributed by atoms with Gasteiger partial charge in [-0.05, 0) is 36.4 Å². The maximum Gasteiger partial charge on any atom is 0.153 e. The van der Waals surface area contributed by atoms with Crippen LogP contribution in [0.25, 0.3) is 55.0 Å². The second-order valence-electron chi connectivity index (χ2n) is 9.24. The average molecular weight is 512 g/mol. The molecule has 184 valence electrons. The van der Waals surface area contributed by atoms with Crippen molar-refractivity contribution in [1.29, 1.82) is 10.5 Å². The molecule has 0 unspecified atom stereocenters. The summed E-state index contributed by atoms with van der Waals surface area (Å²) in [5.74, 6) is -3.07. The predicted molar refractivity (Wildman–Crippen MR) is 144 cm³/mol. The first-order valence-corrected chi connectivity index (χ1v) is 12.1. The van der Waals surface area contributed by atoms with Gasteiger partial charge in [0.15, 0.2) is 11.6 Å². The smallest absolute Gasteiger partial charge is 0.153 e. The van der Waals surface area contributed by atoms with Crippen molar-refractivity contribution < 1.29 is 13.2 Å². The zero-order valence-corrected chi connectivity index (χ0v) is 20.1. The van der Waals surface area contributed by atoms with E-state index in [9.17, 15) is 14.9 Å². The summed E-state index contributed by atoms with van der Waals surface area (Å²) in [5.41, 5.74) is 3.13. The van der Waals surface area contributed by atoms with Gasteiger partial charge in [0.25, 0.3) is 0 Å². The summed E-state index contributed by atoms with van der Waals surface area (Å²) in [6.07, 6.45) is 0. The van der Waals surface area contributed by atoms with Gasteiger partial charge in [-0.3, -0.25) is 0 Å². The minimum absolute atomic E-state index is 0.313. The quantitative estimate of drug-likeness (QED) is 0.235. The topological polar surface area (TPSA) is 57.4 Å². The van der Waals surface area contributed by atoms with Crippen LogP contribution in [-0.2, 0) is 0 Å². The Kier molecular flexibility index (Phi) is 4.79. The molecule has 0 saturated heterocycles. The van der Waals surface area contributed by atoms with Crippen molar-refractivity contribution in [3.8, 4) is 23.5 Å². The van der Waals surface area contributed by atoms with Crippen LogP contribution in [0.1, 0.15) is 11.1 Å². The number of aromatic nitrogens is 2. The van der Waals surface area contributed by atoms with E-state index in [-0.39, 0.29) is 5.69 Å². The summed E-state index contributed by atoms with van der Waals surface area (Å²) in [6.45, 7) is 0. The monoisotopic (exact) mass is 512 g/mol. The Hall–Kier alpha value is -5.53. The Bertz CT molecular complexity index is 2190. The highest BCUT2D eigenvalue weighted by Gasteiger charge is 2.23. The van der Waals surface area contributed by atoms with Crippen molar-refractivity contribution in [2.24, 2.45) is 0 Å². The van der Waals surface area contributed by atoms with E-state index in [1.54, 1.807) is 30.3 Å². The molecule has 0 spiro atoms. The van der Waals surface area contributed by atoms with Gasteiger partial charge in [0.1, 0.15) is 23.6 Å². The zero-order valence-electron chi connectivity index (χ0n) is 20.1. The van der Waals surface area contributed by atoms with Crippen molar-refractivity contribution in [2.45, 2.75) is 0 Å². The van der Waals surface area contributed by atoms with Gasteiger partial charge in [-0.15, -0.1) is 0 Å². The molecule has 2 aromatic heterocycles. The van der Waals surface area contributed by atoms with E-state index in [0.717, 1.165) is 27.1 Å². The summed E-state index contributed by atoms with van der Waals surface area (Å²) < 4.78 is 47.5. The van der Waals surface area contributed by atoms with Gasteiger partial charge in [0.05, 0.1) is 38.9 Å². The van der Waals surface area contributed by atoms with E-state index < -0.39 is 17.5 Å². The van der Waals surface area contributed by atoms with Gasteiger partial charge in [-0.2, -0.15) is 10.5 Å². The highest BCUT2D eigenvalue weighted by Crippen LogP contribution is 2.41. The number of para-hydroxylation sites is 3. The number of nitrogens with zero attached hydrogens (tertiary/aromatic N) is 4. The van der Waals surface area contributed by atoms with Crippen LogP contribution >= 0.6 is 0 Å². The van der Waals surface area contributed by atoms with Gasteiger partial charge in [-0.1, -0.05) is 42.5 Å². The lowest BCUT2D eigenvalue weighted by Gasteiger charge is -2.13. The van der Waals surface area contributed by atoms with Crippen LogP contribution in [0.4, 0.5) is 13.2 Å². The number of hydrogen-bond donors (Lipinski definition) is 0. The summed E-state index contributed by atoms with van der Waals surface area (Å²) in [7, 11) is 0. The van der Waals surface area contributed by atoms with E-state index in [1.165, 1.54) is 4.57 Å². The second kappa shape index (κ2) is 8.24. The maximum absolute atomic E-state index is 15.2. The largest absolute Gasteiger partial charge is 0.307 e. The Morgan fingerprint density at radius 1 is 0.487 bits per heavy atom. The van der Waals surface area contributed by atoms with E-state index in [0.29, 0.717) is 45.5 Å². The van der Waals surface area contributed by atoms with Crippen molar-refractivity contribution in [2.75, 3.05) is 0 Å². The van der Waals surface area contributed by atoms with Gasteiger partial charge >= 0.3 is 0 Å². The van der Waals surface area contributed by atoms with Crippen LogP contribution in [0.3, 0.4) is 0 Å². The first kappa shape index (κ1) is 22.7. The van der Waals surface area contributed by atoms with E-state index in [1.807, 2.05) is 53.1 Å². The molecule has 39 heavy (non-hydrogen) atoms. The summed E-state index contributed by atoms with van der Waals surface area (Å²) in [4.78, 5) is 0. The minimum Gasteiger partial charge on any atom is -0.307 e. The Morgan fingerprint density at radius 2 is 0.974 bits per heavy atom. The van der Waals surface area contributed by atoms with Crippen molar-refractivity contribution in [3.63, 3.8) is 0 Å². The highest BCUT2D eigenvalue weighted by atomic mass is 19.1. The first-order valence-electron chi connectivity index (χ1n) is 12.1. The Labute approximate surface area is 219 Å². The second-order valence-corrected chi connectivity index (χ2v) is 9.24. The molecule has 0 amide bonds. The van der Waals surface area contributed by atoms with Crippen LogP contribution in [-0.4, -0.2) is 9.13 Å². The molecular weight excluding hydrogens is 497 g/mol. The summed E-state index contributed by atoms with van der Waals surface area (Å²) >= 11 is 0. The van der Waals surface area contributed by atoms with Crippen LogP contribution < -0.4 is 0 Å². The number of fused-ring (bicyclic) bond motifs is 6. The van der Waals surface area contributed by atoms with Crippen LogP contribution in [0.5, 0.6) is 0 Å². The fourth-order valence-electron chi connectivity index (χ4n) is 5.63. The summed E-state index contributed by atoms with van der Waals surface area (Å²) in [6, 6.07) is 29.3. The molecule has 0 N–H and O–H groups in total. The number of benzene rings is 5. The van der Waals surface area contributed by atoms with Crippen molar-refractivity contribution in [3.05, 3.63) is 120 Å². The number of halogens is 3. The summed E-state index contributed by atoms with van der Waals surface area (Å²) in [5, 5.41) is 23.1. The molecule has 7 rings (SSSR count). The third-order valence-electron chi connectivity index (χ3n) is 7.17. The normalized spacial score (nSPS) is 11.4. The predicted octanol–water partition coefficient (Wildman–Crippen LogP) is 8.04. The third-order valence-corrected chi connectivity index (χ3v) is 7.17. The molecule has 0 atom stereocenters. The molecule has 0 fully saturated rings. The standard InChI is InChI=1S/C32H15F3N4/c33-20-12-25(34)32(26(35)13-20)39-28-11-4-2-9-22(28)24-14-23-21-8-1-3-10-27(21)38(29(23)15-30(24)39)31-18(16-36)6-5-7-19(31)17-37/h1-15H. The molecule has 5 aromatic carbocycles. The average Bonchev–Trinajstić information content (AvgIpc) is 3.43. The Balaban J connectivity index is 1.73.